The van der Waals surface area contributed by atoms with Gasteiger partial charge < -0.3 is 14.8 Å². The summed E-state index contributed by atoms with van der Waals surface area (Å²) in [5.41, 5.74) is -2.07. The molecule has 2 aromatic rings. The average molecular weight is 443 g/mol. The summed E-state index contributed by atoms with van der Waals surface area (Å²) in [7, 11) is 0. The van der Waals surface area contributed by atoms with Crippen LogP contribution < -0.4 is 5.32 Å². The van der Waals surface area contributed by atoms with Gasteiger partial charge in [0.25, 0.3) is 5.91 Å². The van der Waals surface area contributed by atoms with Crippen LogP contribution in [0.2, 0.25) is 0 Å². The van der Waals surface area contributed by atoms with E-state index in [0.29, 0.717) is 11.1 Å². The fourth-order valence-electron chi connectivity index (χ4n) is 6.19. The topological polar surface area (TPSA) is 116 Å². The second-order valence-electron chi connectivity index (χ2n) is 8.78. The summed E-state index contributed by atoms with van der Waals surface area (Å²) < 4.78 is 10.1. The molecule has 1 saturated carbocycles. The summed E-state index contributed by atoms with van der Waals surface area (Å²) in [6, 6.07) is 17.0. The first-order valence-corrected chi connectivity index (χ1v) is 10.5. The van der Waals surface area contributed by atoms with Gasteiger partial charge in [-0.05, 0) is 17.7 Å². The molecule has 2 heterocycles. The fourth-order valence-corrected chi connectivity index (χ4v) is 6.19. The van der Waals surface area contributed by atoms with Crippen molar-refractivity contribution in [1.29, 1.82) is 0 Å². The number of benzene rings is 2. The standard InChI is InChI=1S/C25H17NO7/c27-19(13-7-3-1-4-8-13)26-25-12-11-24(14-9-5-2-6-10-14,15-17(25)22(30)32-20(15)28)16-18(25)23(31)33-21(16)29/h1-12,15-18H,(H,26,27)/t15-,16+,17+,18-,24?,25?. The molecule has 5 aliphatic rings. The third-order valence-electron chi connectivity index (χ3n) is 7.42. The van der Waals surface area contributed by atoms with E-state index in [2.05, 4.69) is 5.32 Å². The van der Waals surface area contributed by atoms with Crippen molar-refractivity contribution in [3.8, 4) is 0 Å². The van der Waals surface area contributed by atoms with Crippen LogP contribution in [0.3, 0.4) is 0 Å². The van der Waals surface area contributed by atoms with Gasteiger partial charge in [-0.25, -0.2) is 0 Å². The van der Waals surface area contributed by atoms with Crippen molar-refractivity contribution in [2.45, 2.75) is 11.0 Å². The molecule has 0 radical (unpaired) electrons. The molecule has 33 heavy (non-hydrogen) atoms. The van der Waals surface area contributed by atoms with Crippen LogP contribution in [-0.4, -0.2) is 35.3 Å². The number of hydrogen-bond donors (Lipinski definition) is 1. The van der Waals surface area contributed by atoms with Crippen LogP contribution in [0.4, 0.5) is 0 Å². The monoisotopic (exact) mass is 443 g/mol. The maximum Gasteiger partial charge on any atom is 0.320 e. The van der Waals surface area contributed by atoms with Crippen LogP contribution in [0, 0.1) is 23.7 Å². The Morgan fingerprint density at radius 1 is 0.667 bits per heavy atom. The van der Waals surface area contributed by atoms with E-state index in [4.69, 9.17) is 9.47 Å². The van der Waals surface area contributed by atoms with Crippen LogP contribution >= 0.6 is 0 Å². The Labute approximate surface area is 187 Å². The molecule has 2 unspecified atom stereocenters. The number of allylic oxidation sites excluding steroid dienone is 1. The number of carbonyl (C=O) groups is 5. The van der Waals surface area contributed by atoms with Gasteiger partial charge in [0.1, 0.15) is 0 Å². The molecule has 2 aromatic carbocycles. The van der Waals surface area contributed by atoms with Crippen LogP contribution in [0.15, 0.2) is 72.8 Å². The van der Waals surface area contributed by atoms with Crippen molar-refractivity contribution in [3.05, 3.63) is 83.9 Å². The minimum atomic E-state index is -1.65. The molecule has 7 rings (SSSR count). The minimum Gasteiger partial charge on any atom is -0.393 e. The van der Waals surface area contributed by atoms with Gasteiger partial charge in [-0.1, -0.05) is 60.7 Å². The lowest BCUT2D eigenvalue weighted by Gasteiger charge is -2.57. The van der Waals surface area contributed by atoms with E-state index >= 15 is 0 Å². The first kappa shape index (κ1) is 19.6. The third kappa shape index (κ3) is 2.32. The molecular formula is C25H17NO7. The van der Waals surface area contributed by atoms with Crippen molar-refractivity contribution in [2.75, 3.05) is 0 Å². The van der Waals surface area contributed by atoms with Gasteiger partial charge in [-0.15, -0.1) is 0 Å². The Hall–Kier alpha value is -4.07. The molecule has 8 nitrogen and oxygen atoms in total. The van der Waals surface area contributed by atoms with Gasteiger partial charge in [0.05, 0.1) is 29.2 Å². The fraction of sp³-hybridized carbons (Fsp3) is 0.240. The summed E-state index contributed by atoms with van der Waals surface area (Å²) in [5.74, 6) is -8.40. The van der Waals surface area contributed by atoms with E-state index in [1.165, 1.54) is 0 Å². The number of esters is 4. The lowest BCUT2D eigenvalue weighted by Crippen LogP contribution is -2.73. The molecule has 3 fully saturated rings. The highest BCUT2D eigenvalue weighted by Crippen LogP contribution is 2.65. The molecule has 8 heteroatoms. The highest BCUT2D eigenvalue weighted by Gasteiger charge is 2.79. The number of nitrogens with one attached hydrogen (secondary N) is 1. The maximum atomic E-state index is 13.2. The molecule has 164 valence electrons. The summed E-state index contributed by atoms with van der Waals surface area (Å²) in [6.45, 7) is 0. The van der Waals surface area contributed by atoms with Gasteiger partial charge in [0.2, 0.25) is 0 Å². The normalized spacial score (nSPS) is 35.6. The Morgan fingerprint density at radius 2 is 1.15 bits per heavy atom. The van der Waals surface area contributed by atoms with Gasteiger partial charge in [0, 0.05) is 11.0 Å². The molecule has 6 atom stereocenters. The predicted molar refractivity (Wildman–Crippen MR) is 110 cm³/mol. The van der Waals surface area contributed by atoms with E-state index in [1.54, 1.807) is 72.8 Å². The zero-order valence-corrected chi connectivity index (χ0v) is 17.1. The first-order chi connectivity index (χ1) is 15.9. The molecule has 1 amide bonds. The van der Waals surface area contributed by atoms with E-state index < -0.39 is 64.4 Å². The Kier molecular flexibility index (Phi) is 3.85. The maximum absolute atomic E-state index is 13.2. The summed E-state index contributed by atoms with van der Waals surface area (Å²) in [5, 5.41) is 2.82. The van der Waals surface area contributed by atoms with Crippen molar-refractivity contribution < 1.29 is 33.4 Å². The van der Waals surface area contributed by atoms with E-state index in [0.717, 1.165) is 0 Å². The van der Waals surface area contributed by atoms with Crippen molar-refractivity contribution in [2.24, 2.45) is 23.7 Å². The smallest absolute Gasteiger partial charge is 0.320 e. The largest absolute Gasteiger partial charge is 0.393 e. The van der Waals surface area contributed by atoms with Crippen molar-refractivity contribution in [1.82, 2.24) is 5.32 Å². The number of carbonyl (C=O) groups excluding carboxylic acids is 5. The van der Waals surface area contributed by atoms with Crippen molar-refractivity contribution >= 4 is 29.8 Å². The average Bonchev–Trinajstić information content (AvgIpc) is 3.33. The van der Waals surface area contributed by atoms with Crippen LogP contribution in [0.1, 0.15) is 15.9 Å². The summed E-state index contributed by atoms with van der Waals surface area (Å²) in [6.07, 6.45) is 3.23. The number of amides is 1. The lowest BCUT2D eigenvalue weighted by molar-refractivity contribution is -0.154. The minimum absolute atomic E-state index is 0.300. The number of hydrogen-bond acceptors (Lipinski definition) is 7. The molecule has 0 aromatic heterocycles. The highest BCUT2D eigenvalue weighted by atomic mass is 16.6. The summed E-state index contributed by atoms with van der Waals surface area (Å²) in [4.78, 5) is 65.3. The molecular weight excluding hydrogens is 426 g/mol. The number of cyclic esters (lactones) is 4. The number of ether oxygens (including phenoxy) is 2. The Bertz CT molecular complexity index is 1220. The molecule has 2 aliphatic heterocycles. The molecule has 1 N–H and O–H groups in total. The molecule has 3 aliphatic carbocycles. The highest BCUT2D eigenvalue weighted by molar-refractivity contribution is 6.07. The van der Waals surface area contributed by atoms with Crippen molar-refractivity contribution in [3.63, 3.8) is 0 Å². The van der Waals surface area contributed by atoms with E-state index in [-0.39, 0.29) is 0 Å². The van der Waals surface area contributed by atoms with Gasteiger partial charge in [-0.3, -0.25) is 24.0 Å². The van der Waals surface area contributed by atoms with Crippen LogP contribution in [-0.2, 0) is 34.1 Å². The quantitative estimate of drug-likeness (QED) is 0.432. The SMILES string of the molecule is O=C(NC12C=CC(c3ccccc3)([C@@H]3C(=O)OC(=O)[C@@H]31)[C@H]1C(=O)OC(=O)[C@H]12)c1ccccc1. The van der Waals surface area contributed by atoms with E-state index in [9.17, 15) is 24.0 Å². The second-order valence-corrected chi connectivity index (χ2v) is 8.78. The van der Waals surface area contributed by atoms with Crippen LogP contribution in [0.25, 0.3) is 0 Å². The zero-order chi connectivity index (χ0) is 23.0. The molecule has 2 bridgehead atoms. The summed E-state index contributed by atoms with van der Waals surface area (Å²) >= 11 is 0. The predicted octanol–water partition coefficient (Wildman–Crippen LogP) is 1.31. The number of rotatable bonds is 3. The van der Waals surface area contributed by atoms with Gasteiger partial charge in [0.15, 0.2) is 0 Å². The molecule has 0 spiro atoms. The van der Waals surface area contributed by atoms with E-state index in [1.807, 2.05) is 0 Å². The second kappa shape index (κ2) is 6.48. The Balaban J connectivity index is 1.60. The van der Waals surface area contributed by atoms with Gasteiger partial charge in [-0.2, -0.15) is 0 Å². The Morgan fingerprint density at radius 3 is 1.70 bits per heavy atom. The molecule has 2 saturated heterocycles. The third-order valence-corrected chi connectivity index (χ3v) is 7.42. The van der Waals surface area contributed by atoms with Gasteiger partial charge >= 0.3 is 23.9 Å². The lowest BCUT2D eigenvalue weighted by atomic mass is 9.42. The van der Waals surface area contributed by atoms with Crippen LogP contribution in [0.5, 0.6) is 0 Å². The zero-order valence-electron chi connectivity index (χ0n) is 17.1. The first-order valence-electron chi connectivity index (χ1n) is 10.5.